The first-order valence-electron chi connectivity index (χ1n) is 16.0. The zero-order valence-electron chi connectivity index (χ0n) is 26.1. The van der Waals surface area contributed by atoms with Crippen LogP contribution in [0.4, 0.5) is 11.4 Å². The van der Waals surface area contributed by atoms with Gasteiger partial charge in [-0.15, -0.1) is 13.2 Å². The fraction of sp³-hybridized carbons (Fsp3) is 0.472. The van der Waals surface area contributed by atoms with Crippen LogP contribution in [0.15, 0.2) is 79.9 Å². The average Bonchev–Trinajstić information content (AvgIpc) is 3.66. The highest BCUT2D eigenvalue weighted by Gasteiger charge is 2.79. The van der Waals surface area contributed by atoms with Crippen LogP contribution in [-0.2, 0) is 19.1 Å². The summed E-state index contributed by atoms with van der Waals surface area (Å²) in [6.07, 6.45) is 7.97. The van der Waals surface area contributed by atoms with Gasteiger partial charge < -0.3 is 24.5 Å². The maximum Gasteiger partial charge on any atom is 0.253 e. The second kappa shape index (κ2) is 13.9. The van der Waals surface area contributed by atoms with E-state index in [9.17, 15) is 19.5 Å². The Morgan fingerprint density at radius 3 is 2.20 bits per heavy atom. The van der Waals surface area contributed by atoms with Gasteiger partial charge >= 0.3 is 0 Å². The summed E-state index contributed by atoms with van der Waals surface area (Å²) in [5.41, 5.74) is -0.630. The van der Waals surface area contributed by atoms with Gasteiger partial charge in [-0.3, -0.25) is 14.4 Å². The van der Waals surface area contributed by atoms with Crippen LogP contribution in [-0.4, -0.2) is 71.2 Å². The molecule has 0 saturated carbocycles. The van der Waals surface area contributed by atoms with Crippen molar-refractivity contribution in [2.45, 2.75) is 69.1 Å². The molecule has 2 aromatic rings. The summed E-state index contributed by atoms with van der Waals surface area (Å²) in [7, 11) is 0. The number of aliphatic hydroxyl groups excluding tert-OH is 1. The number of halogens is 1. The molecule has 8 nitrogen and oxygen atoms in total. The molecule has 45 heavy (non-hydrogen) atoms. The molecule has 3 aliphatic rings. The van der Waals surface area contributed by atoms with Crippen molar-refractivity contribution in [1.82, 2.24) is 4.90 Å². The molecule has 3 amide bonds. The van der Waals surface area contributed by atoms with Crippen LogP contribution >= 0.6 is 11.6 Å². The number of ether oxygens (including phenoxy) is 1. The molecular weight excluding hydrogens is 590 g/mol. The molecule has 9 heteroatoms. The Morgan fingerprint density at radius 1 is 0.956 bits per heavy atom. The van der Waals surface area contributed by atoms with Crippen molar-refractivity contribution in [3.8, 4) is 0 Å². The quantitative estimate of drug-likeness (QED) is 0.198. The second-order valence-electron chi connectivity index (χ2n) is 12.3. The summed E-state index contributed by atoms with van der Waals surface area (Å²) in [4.78, 5) is 49.1. The number of carbonyl (C=O) groups is 3. The van der Waals surface area contributed by atoms with Gasteiger partial charge in [0.25, 0.3) is 5.91 Å². The average molecular weight is 634 g/mol. The Morgan fingerprint density at radius 2 is 1.58 bits per heavy atom. The van der Waals surface area contributed by atoms with Crippen LogP contribution < -0.4 is 9.80 Å². The molecule has 3 saturated heterocycles. The third-order valence-corrected chi connectivity index (χ3v) is 10.1. The maximum absolute atomic E-state index is 14.8. The van der Waals surface area contributed by atoms with E-state index in [4.69, 9.17) is 16.3 Å². The number of likely N-dealkylation sites (tertiary alicyclic amines) is 1. The highest BCUT2D eigenvalue weighted by atomic mass is 35.5. The number of para-hydroxylation sites is 1. The Labute approximate surface area is 271 Å². The van der Waals surface area contributed by atoms with Crippen molar-refractivity contribution in [3.05, 3.63) is 84.9 Å². The highest BCUT2D eigenvalue weighted by Crippen LogP contribution is 2.64. The van der Waals surface area contributed by atoms with Gasteiger partial charge in [-0.25, -0.2) is 0 Å². The molecule has 2 aromatic carbocycles. The summed E-state index contributed by atoms with van der Waals surface area (Å²) in [6, 6.07) is 15.6. The lowest BCUT2D eigenvalue weighted by Crippen LogP contribution is -2.56. The van der Waals surface area contributed by atoms with Crippen LogP contribution in [0.25, 0.3) is 0 Å². The molecule has 240 valence electrons. The molecule has 2 bridgehead atoms. The zero-order chi connectivity index (χ0) is 32.2. The van der Waals surface area contributed by atoms with Gasteiger partial charge in [-0.05, 0) is 68.5 Å². The Balaban J connectivity index is 1.57. The molecule has 3 fully saturated rings. The van der Waals surface area contributed by atoms with Crippen molar-refractivity contribution < 1.29 is 24.2 Å². The van der Waals surface area contributed by atoms with Crippen LogP contribution in [0.5, 0.6) is 0 Å². The normalized spacial score (nSPS) is 26.5. The molecule has 0 aromatic heterocycles. The van der Waals surface area contributed by atoms with Crippen molar-refractivity contribution in [1.29, 1.82) is 0 Å². The standard InChI is InChI=1S/C36H44ClN3O5/c1-4-22-38(27-14-10-9-11-15-27)32(42)29-30-33(43)40(24-12-7-8-13-25-41)31(36(30)21-20-35(29,6-3)45-36)34(44)39(23-5-2)28-18-16-26(37)17-19-28/h4-5,9-11,14-19,29-31,41H,1-2,6-8,12-13,20-25H2,3H3/t29-,30-,31?,35+,36?/m0/s1. The van der Waals surface area contributed by atoms with Crippen LogP contribution in [0.3, 0.4) is 0 Å². The molecule has 0 radical (unpaired) electrons. The summed E-state index contributed by atoms with van der Waals surface area (Å²) in [5, 5.41) is 9.81. The number of aliphatic hydroxyl groups is 1. The number of carbonyl (C=O) groups excluding carboxylic acids is 3. The fourth-order valence-electron chi connectivity index (χ4n) is 7.81. The lowest BCUT2D eigenvalue weighted by molar-refractivity contribution is -0.146. The minimum atomic E-state index is -1.14. The summed E-state index contributed by atoms with van der Waals surface area (Å²) in [5.74, 6) is -2.18. The van der Waals surface area contributed by atoms with Gasteiger partial charge in [-0.2, -0.15) is 0 Å². The van der Waals surface area contributed by atoms with Crippen molar-refractivity contribution in [3.63, 3.8) is 0 Å². The number of hydrogen-bond acceptors (Lipinski definition) is 5. The van der Waals surface area contributed by atoms with E-state index in [-0.39, 0.29) is 37.4 Å². The first kappa shape index (κ1) is 32.9. The molecule has 3 heterocycles. The highest BCUT2D eigenvalue weighted by molar-refractivity contribution is 6.30. The molecular formula is C36H44ClN3O5. The number of unbranched alkanes of at least 4 members (excludes halogenated alkanes) is 3. The second-order valence-corrected chi connectivity index (χ2v) is 12.7. The van der Waals surface area contributed by atoms with E-state index in [1.165, 1.54) is 0 Å². The van der Waals surface area contributed by atoms with E-state index < -0.39 is 29.1 Å². The van der Waals surface area contributed by atoms with Gasteiger partial charge in [0.1, 0.15) is 11.6 Å². The van der Waals surface area contributed by atoms with Gasteiger partial charge in [0.2, 0.25) is 11.8 Å². The minimum absolute atomic E-state index is 0.117. The van der Waals surface area contributed by atoms with Crippen LogP contribution in [0.1, 0.15) is 51.9 Å². The van der Waals surface area contributed by atoms with E-state index in [0.717, 1.165) is 18.5 Å². The van der Waals surface area contributed by atoms with Crippen LogP contribution in [0, 0.1) is 11.8 Å². The SMILES string of the molecule is C=CCN(C(=O)C1N(CCCCCCO)C(=O)[C@@H]2[C@@H](C(=O)N(CC=C)c3ccccc3)[C@@]3(CC)CCC12O3)c1ccc(Cl)cc1. The Kier molecular flexibility index (Phi) is 10.2. The number of hydrogen-bond donors (Lipinski definition) is 1. The predicted molar refractivity (Wildman–Crippen MR) is 177 cm³/mol. The van der Waals surface area contributed by atoms with Gasteiger partial charge in [0, 0.05) is 42.6 Å². The van der Waals surface area contributed by atoms with Gasteiger partial charge in [0.05, 0.1) is 17.4 Å². The third kappa shape index (κ3) is 5.84. The number of rotatable bonds is 15. The lowest BCUT2D eigenvalue weighted by atomic mass is 9.64. The molecule has 1 spiro atoms. The number of anilines is 2. The van der Waals surface area contributed by atoms with E-state index in [0.29, 0.717) is 49.4 Å². The lowest BCUT2D eigenvalue weighted by Gasteiger charge is -2.37. The molecule has 1 N–H and O–H groups in total. The molecule has 5 atom stereocenters. The largest absolute Gasteiger partial charge is 0.396 e. The first-order chi connectivity index (χ1) is 21.8. The van der Waals surface area contributed by atoms with Crippen LogP contribution in [0.2, 0.25) is 5.02 Å². The van der Waals surface area contributed by atoms with Crippen molar-refractivity contribution >= 4 is 40.7 Å². The van der Waals surface area contributed by atoms with Gasteiger partial charge in [-0.1, -0.05) is 61.7 Å². The number of benzene rings is 2. The third-order valence-electron chi connectivity index (χ3n) is 9.85. The predicted octanol–water partition coefficient (Wildman–Crippen LogP) is 5.79. The zero-order valence-corrected chi connectivity index (χ0v) is 26.8. The summed E-state index contributed by atoms with van der Waals surface area (Å²) < 4.78 is 7.02. The smallest absolute Gasteiger partial charge is 0.253 e. The number of fused-ring (bicyclic) bond motifs is 1. The number of amides is 3. The van der Waals surface area contributed by atoms with Crippen molar-refractivity contribution in [2.24, 2.45) is 11.8 Å². The van der Waals surface area contributed by atoms with E-state index in [1.807, 2.05) is 37.3 Å². The molecule has 3 aliphatic heterocycles. The fourth-order valence-corrected chi connectivity index (χ4v) is 7.93. The van der Waals surface area contributed by atoms with Crippen molar-refractivity contribution in [2.75, 3.05) is 36.0 Å². The topological polar surface area (TPSA) is 90.4 Å². The molecule has 2 unspecified atom stereocenters. The van der Waals surface area contributed by atoms with E-state index in [1.54, 1.807) is 51.1 Å². The van der Waals surface area contributed by atoms with Gasteiger partial charge in [0.15, 0.2) is 0 Å². The number of nitrogens with zero attached hydrogens (tertiary/aromatic N) is 3. The summed E-state index contributed by atoms with van der Waals surface area (Å²) >= 11 is 6.17. The maximum atomic E-state index is 14.8. The van der Waals surface area contributed by atoms with E-state index in [2.05, 4.69) is 13.2 Å². The summed E-state index contributed by atoms with van der Waals surface area (Å²) in [6.45, 7) is 10.8. The molecule has 0 aliphatic carbocycles. The monoisotopic (exact) mass is 633 g/mol. The first-order valence-corrected chi connectivity index (χ1v) is 16.4. The Hall–Kier alpha value is -3.46. The molecule has 5 rings (SSSR count). The Bertz CT molecular complexity index is 1400. The van der Waals surface area contributed by atoms with E-state index >= 15 is 0 Å². The minimum Gasteiger partial charge on any atom is -0.396 e.